The van der Waals surface area contributed by atoms with Crippen LogP contribution in [0.25, 0.3) is 0 Å². The quantitative estimate of drug-likeness (QED) is 0.860. The van der Waals surface area contributed by atoms with E-state index in [1.54, 1.807) is 0 Å². The van der Waals surface area contributed by atoms with Crippen LogP contribution in [0.15, 0.2) is 24.3 Å². The molecule has 4 nitrogen and oxygen atoms in total. The van der Waals surface area contributed by atoms with E-state index in [1.807, 2.05) is 18.2 Å². The van der Waals surface area contributed by atoms with Gasteiger partial charge in [-0.15, -0.1) is 0 Å². The molecule has 0 radical (unpaired) electrons. The summed E-state index contributed by atoms with van der Waals surface area (Å²) in [4.78, 5) is 4.89. The van der Waals surface area contributed by atoms with Gasteiger partial charge in [0.05, 0.1) is 6.61 Å². The number of benzene rings is 1. The molecule has 104 valence electrons. The van der Waals surface area contributed by atoms with Gasteiger partial charge in [-0.1, -0.05) is 18.2 Å². The molecule has 0 aromatic heterocycles. The zero-order valence-electron chi connectivity index (χ0n) is 11.6. The van der Waals surface area contributed by atoms with Gasteiger partial charge in [0.15, 0.2) is 0 Å². The van der Waals surface area contributed by atoms with E-state index in [2.05, 4.69) is 22.9 Å². The molecule has 1 aromatic rings. The number of hydrogen-bond acceptors (Lipinski definition) is 4. The van der Waals surface area contributed by atoms with Crippen molar-refractivity contribution in [3.05, 3.63) is 29.8 Å². The van der Waals surface area contributed by atoms with E-state index < -0.39 is 0 Å². The van der Waals surface area contributed by atoms with Crippen LogP contribution in [0.5, 0.6) is 5.75 Å². The Labute approximate surface area is 115 Å². The topological polar surface area (TPSA) is 41.7 Å². The highest BCUT2D eigenvalue weighted by Crippen LogP contribution is 2.33. The average Bonchev–Trinajstić information content (AvgIpc) is 2.45. The van der Waals surface area contributed by atoms with Crippen LogP contribution in [0.2, 0.25) is 0 Å². The first-order chi connectivity index (χ1) is 9.24. The normalized spacial score (nSPS) is 28.7. The minimum Gasteiger partial charge on any atom is -0.493 e. The SMILES string of the molecule is CN1CCN(CC2COc3ccccc3C2N)CC1. The van der Waals surface area contributed by atoms with Gasteiger partial charge in [-0.25, -0.2) is 0 Å². The van der Waals surface area contributed by atoms with Gasteiger partial charge in [0, 0.05) is 50.2 Å². The molecule has 3 rings (SSSR count). The van der Waals surface area contributed by atoms with Gasteiger partial charge in [-0.3, -0.25) is 0 Å². The maximum absolute atomic E-state index is 6.42. The van der Waals surface area contributed by atoms with E-state index in [0.29, 0.717) is 5.92 Å². The van der Waals surface area contributed by atoms with Crippen LogP contribution in [0, 0.1) is 5.92 Å². The van der Waals surface area contributed by atoms with E-state index in [4.69, 9.17) is 10.5 Å². The van der Waals surface area contributed by atoms with Crippen LogP contribution in [0.3, 0.4) is 0 Å². The van der Waals surface area contributed by atoms with Crippen molar-refractivity contribution >= 4 is 0 Å². The molecule has 0 saturated carbocycles. The van der Waals surface area contributed by atoms with Crippen molar-refractivity contribution < 1.29 is 4.74 Å². The van der Waals surface area contributed by atoms with Gasteiger partial charge in [-0.2, -0.15) is 0 Å². The Kier molecular flexibility index (Phi) is 3.73. The smallest absolute Gasteiger partial charge is 0.124 e. The van der Waals surface area contributed by atoms with Crippen LogP contribution < -0.4 is 10.5 Å². The maximum Gasteiger partial charge on any atom is 0.124 e. The van der Waals surface area contributed by atoms with Gasteiger partial charge in [-0.05, 0) is 13.1 Å². The first kappa shape index (κ1) is 12.9. The molecule has 4 heteroatoms. The van der Waals surface area contributed by atoms with Crippen LogP contribution >= 0.6 is 0 Å². The van der Waals surface area contributed by atoms with Gasteiger partial charge >= 0.3 is 0 Å². The molecule has 0 bridgehead atoms. The fraction of sp³-hybridized carbons (Fsp3) is 0.600. The number of nitrogens with two attached hydrogens (primary N) is 1. The standard InChI is InChI=1S/C15H23N3O/c1-17-6-8-18(9-7-17)10-12-11-19-14-5-3-2-4-13(14)15(12)16/h2-5,12,15H,6-11,16H2,1H3. The molecule has 0 aliphatic carbocycles. The first-order valence-electron chi connectivity index (χ1n) is 7.12. The third kappa shape index (κ3) is 2.76. The number of nitrogens with zero attached hydrogens (tertiary/aromatic N) is 2. The lowest BCUT2D eigenvalue weighted by Gasteiger charge is -2.38. The third-order valence-electron chi connectivity index (χ3n) is 4.33. The highest BCUT2D eigenvalue weighted by atomic mass is 16.5. The van der Waals surface area contributed by atoms with E-state index in [1.165, 1.54) is 0 Å². The fourth-order valence-corrected chi connectivity index (χ4v) is 2.97. The Morgan fingerprint density at radius 2 is 1.95 bits per heavy atom. The monoisotopic (exact) mass is 261 g/mol. The summed E-state index contributed by atoms with van der Waals surface area (Å²) >= 11 is 0. The van der Waals surface area contributed by atoms with Crippen molar-refractivity contribution in [1.82, 2.24) is 9.80 Å². The molecular formula is C15H23N3O. The summed E-state index contributed by atoms with van der Waals surface area (Å²) in [5.74, 6) is 1.36. The molecule has 1 saturated heterocycles. The van der Waals surface area contributed by atoms with Gasteiger partial charge in [0.25, 0.3) is 0 Å². The molecule has 1 aromatic carbocycles. The van der Waals surface area contributed by atoms with Crippen LogP contribution in [-0.4, -0.2) is 56.2 Å². The maximum atomic E-state index is 6.42. The number of piperazine rings is 1. The van der Waals surface area contributed by atoms with Crippen LogP contribution in [0.1, 0.15) is 11.6 Å². The largest absolute Gasteiger partial charge is 0.493 e. The van der Waals surface area contributed by atoms with Gasteiger partial charge in [0.2, 0.25) is 0 Å². The van der Waals surface area contributed by atoms with E-state index in [9.17, 15) is 0 Å². The van der Waals surface area contributed by atoms with Crippen molar-refractivity contribution in [2.45, 2.75) is 6.04 Å². The first-order valence-corrected chi connectivity index (χ1v) is 7.12. The van der Waals surface area contributed by atoms with Crippen LogP contribution in [-0.2, 0) is 0 Å². The number of ether oxygens (including phenoxy) is 1. The molecule has 2 aliphatic rings. The molecule has 2 aliphatic heterocycles. The Hall–Kier alpha value is -1.10. The summed E-state index contributed by atoms with van der Waals surface area (Å²) in [6.07, 6.45) is 0. The average molecular weight is 261 g/mol. The zero-order chi connectivity index (χ0) is 13.2. The molecule has 2 N–H and O–H groups in total. The molecular weight excluding hydrogens is 238 g/mol. The van der Waals surface area contributed by atoms with Crippen molar-refractivity contribution in [3.63, 3.8) is 0 Å². The van der Waals surface area contributed by atoms with Crippen molar-refractivity contribution in [2.75, 3.05) is 46.4 Å². The number of rotatable bonds is 2. The Bertz CT molecular complexity index is 429. The lowest BCUT2D eigenvalue weighted by molar-refractivity contribution is 0.0997. The second-order valence-corrected chi connectivity index (χ2v) is 5.74. The van der Waals surface area contributed by atoms with Crippen molar-refractivity contribution in [3.8, 4) is 5.75 Å². The summed E-state index contributed by atoms with van der Waals surface area (Å²) in [5.41, 5.74) is 7.58. The second-order valence-electron chi connectivity index (χ2n) is 5.74. The minimum atomic E-state index is 0.101. The minimum absolute atomic E-state index is 0.101. The number of hydrogen-bond donors (Lipinski definition) is 1. The van der Waals surface area contributed by atoms with E-state index in [0.717, 1.165) is 50.6 Å². The van der Waals surface area contributed by atoms with Crippen molar-refractivity contribution in [1.29, 1.82) is 0 Å². The molecule has 2 unspecified atom stereocenters. The second kappa shape index (κ2) is 5.49. The molecule has 2 heterocycles. The molecule has 0 spiro atoms. The molecule has 19 heavy (non-hydrogen) atoms. The Morgan fingerprint density at radius 3 is 2.74 bits per heavy atom. The lowest BCUT2D eigenvalue weighted by Crippen LogP contribution is -2.48. The molecule has 0 amide bonds. The number of para-hydroxylation sites is 1. The highest BCUT2D eigenvalue weighted by molar-refractivity contribution is 5.37. The fourth-order valence-electron chi connectivity index (χ4n) is 2.97. The Morgan fingerprint density at radius 1 is 1.21 bits per heavy atom. The predicted octanol–water partition coefficient (Wildman–Crippen LogP) is 0.942. The zero-order valence-corrected chi connectivity index (χ0v) is 11.6. The number of fused-ring (bicyclic) bond motifs is 1. The lowest BCUT2D eigenvalue weighted by atomic mass is 9.91. The highest BCUT2D eigenvalue weighted by Gasteiger charge is 2.29. The summed E-state index contributed by atoms with van der Waals surface area (Å²) < 4.78 is 5.85. The van der Waals surface area contributed by atoms with Crippen LogP contribution in [0.4, 0.5) is 0 Å². The summed E-state index contributed by atoms with van der Waals surface area (Å²) in [6.45, 7) is 6.37. The molecule has 1 fully saturated rings. The summed E-state index contributed by atoms with van der Waals surface area (Å²) in [6, 6.07) is 8.26. The summed E-state index contributed by atoms with van der Waals surface area (Å²) in [5, 5.41) is 0. The van der Waals surface area contributed by atoms with E-state index >= 15 is 0 Å². The summed E-state index contributed by atoms with van der Waals surface area (Å²) in [7, 11) is 2.18. The Balaban J connectivity index is 1.64. The van der Waals surface area contributed by atoms with Crippen molar-refractivity contribution in [2.24, 2.45) is 11.7 Å². The van der Waals surface area contributed by atoms with E-state index in [-0.39, 0.29) is 6.04 Å². The third-order valence-corrected chi connectivity index (χ3v) is 4.33. The van der Waals surface area contributed by atoms with Gasteiger partial charge in [0.1, 0.15) is 5.75 Å². The number of likely N-dealkylation sites (N-methyl/N-ethyl adjacent to an activating group) is 1. The molecule has 2 atom stereocenters. The predicted molar refractivity (Wildman–Crippen MR) is 76.3 cm³/mol. The van der Waals surface area contributed by atoms with Gasteiger partial charge < -0.3 is 20.3 Å².